The molecular weight excluding hydrogens is 562 g/mol. The fraction of sp³-hybridized carbons (Fsp3) is 0.133. The average Bonchev–Trinajstić information content (AvgIpc) is 3.28. The van der Waals surface area contributed by atoms with Gasteiger partial charge < -0.3 is 4.57 Å². The number of anilines is 1. The number of hydrogen-bond acceptors (Lipinski definition) is 4. The minimum absolute atomic E-state index is 0.0202. The molecule has 1 amide bonds. The number of rotatable bonds is 8. The zero-order valence-corrected chi connectivity index (χ0v) is 23.4. The molecule has 0 fully saturated rings. The van der Waals surface area contributed by atoms with Gasteiger partial charge in [-0.2, -0.15) is 0 Å². The van der Waals surface area contributed by atoms with Crippen LogP contribution in [0.2, 0.25) is 0 Å². The molecule has 0 aliphatic carbocycles. The van der Waals surface area contributed by atoms with Gasteiger partial charge in [-0.25, -0.2) is 17.7 Å². The molecule has 2 heterocycles. The zero-order valence-electron chi connectivity index (χ0n) is 21.0. The van der Waals surface area contributed by atoms with E-state index in [1.165, 1.54) is 17.3 Å². The number of aryl methyl sites for hydroxylation is 2. The van der Waals surface area contributed by atoms with Crippen molar-refractivity contribution in [2.75, 3.05) is 4.31 Å². The Bertz CT molecular complexity index is 1740. The van der Waals surface area contributed by atoms with Gasteiger partial charge in [0, 0.05) is 33.9 Å². The van der Waals surface area contributed by atoms with Gasteiger partial charge in [-0.3, -0.25) is 4.79 Å². The standard InChI is InChI=1S/C30H26BrN3O3S/c1-3-24-18-26-21(2)16-17-32-30(26)33(24)19-22-12-14-23(15-13-22)25-8-4-6-10-28(25)34(20-35)38(36,37)29-11-7-5-9-27(29)31/h4-18,20H,3,19H2,1-2H3. The van der Waals surface area contributed by atoms with Crippen molar-refractivity contribution in [1.29, 1.82) is 0 Å². The van der Waals surface area contributed by atoms with Crippen molar-refractivity contribution in [1.82, 2.24) is 9.55 Å². The van der Waals surface area contributed by atoms with E-state index in [1.54, 1.807) is 30.3 Å². The lowest BCUT2D eigenvalue weighted by atomic mass is 10.0. The summed E-state index contributed by atoms with van der Waals surface area (Å²) in [5.74, 6) is 0. The Morgan fingerprint density at radius 1 is 0.974 bits per heavy atom. The van der Waals surface area contributed by atoms with E-state index in [4.69, 9.17) is 0 Å². The van der Waals surface area contributed by atoms with Crippen molar-refractivity contribution in [2.45, 2.75) is 31.7 Å². The van der Waals surface area contributed by atoms with E-state index in [9.17, 15) is 13.2 Å². The van der Waals surface area contributed by atoms with Crippen molar-refractivity contribution in [3.05, 3.63) is 112 Å². The minimum Gasteiger partial charge on any atom is -0.325 e. The first-order valence-electron chi connectivity index (χ1n) is 12.2. The van der Waals surface area contributed by atoms with Gasteiger partial charge in [0.1, 0.15) is 10.5 Å². The third kappa shape index (κ3) is 4.66. The van der Waals surface area contributed by atoms with Crippen LogP contribution in [0.4, 0.5) is 5.69 Å². The third-order valence-electron chi connectivity index (χ3n) is 6.68. The molecular formula is C30H26BrN3O3S. The molecule has 192 valence electrons. The molecule has 0 N–H and O–H groups in total. The van der Waals surface area contributed by atoms with Crippen LogP contribution in [0.1, 0.15) is 23.7 Å². The van der Waals surface area contributed by atoms with Crippen molar-refractivity contribution >= 4 is 49.1 Å². The lowest BCUT2D eigenvalue weighted by Gasteiger charge is -2.21. The lowest BCUT2D eigenvalue weighted by Crippen LogP contribution is -2.30. The van der Waals surface area contributed by atoms with Gasteiger partial charge in [0.05, 0.1) is 5.69 Å². The summed E-state index contributed by atoms with van der Waals surface area (Å²) in [5.41, 5.74) is 6.21. The summed E-state index contributed by atoms with van der Waals surface area (Å²) >= 11 is 3.30. The molecule has 0 saturated heterocycles. The van der Waals surface area contributed by atoms with E-state index in [2.05, 4.69) is 45.4 Å². The van der Waals surface area contributed by atoms with Gasteiger partial charge in [-0.15, -0.1) is 0 Å². The van der Waals surface area contributed by atoms with Crippen LogP contribution in [-0.2, 0) is 27.8 Å². The Morgan fingerprint density at radius 2 is 1.68 bits per heavy atom. The third-order valence-corrected chi connectivity index (χ3v) is 9.35. The van der Waals surface area contributed by atoms with Gasteiger partial charge in [0.25, 0.3) is 10.0 Å². The van der Waals surface area contributed by atoms with Crippen molar-refractivity contribution < 1.29 is 13.2 Å². The largest absolute Gasteiger partial charge is 0.325 e. The minimum atomic E-state index is -4.13. The van der Waals surface area contributed by atoms with Gasteiger partial charge in [0.2, 0.25) is 6.41 Å². The molecule has 0 aliphatic heterocycles. The number of carbonyl (C=O) groups is 1. The summed E-state index contributed by atoms with van der Waals surface area (Å²) in [6.45, 7) is 4.90. The molecule has 3 aromatic carbocycles. The molecule has 0 unspecified atom stereocenters. The topological polar surface area (TPSA) is 72.3 Å². The first-order chi connectivity index (χ1) is 18.3. The molecule has 38 heavy (non-hydrogen) atoms. The quantitative estimate of drug-likeness (QED) is 0.188. The second kappa shape index (κ2) is 10.6. The number of aromatic nitrogens is 2. The second-order valence-corrected chi connectivity index (χ2v) is 11.6. The molecule has 6 nitrogen and oxygen atoms in total. The van der Waals surface area contributed by atoms with Gasteiger partial charge in [-0.1, -0.05) is 61.5 Å². The number of hydrogen-bond donors (Lipinski definition) is 0. The second-order valence-electron chi connectivity index (χ2n) is 8.99. The number of benzene rings is 3. The highest BCUT2D eigenvalue weighted by Gasteiger charge is 2.28. The Hall–Kier alpha value is -3.75. The van der Waals surface area contributed by atoms with E-state index in [0.717, 1.165) is 32.9 Å². The maximum absolute atomic E-state index is 13.4. The fourth-order valence-corrected chi connectivity index (χ4v) is 6.89. The molecule has 0 radical (unpaired) electrons. The monoisotopic (exact) mass is 587 g/mol. The molecule has 0 bridgehead atoms. The summed E-state index contributed by atoms with van der Waals surface area (Å²) in [5, 5.41) is 1.16. The fourth-order valence-electron chi connectivity index (χ4n) is 4.68. The summed E-state index contributed by atoms with van der Waals surface area (Å²) < 4.78 is 30.3. The number of fused-ring (bicyclic) bond motifs is 1. The Balaban J connectivity index is 1.50. The average molecular weight is 589 g/mol. The van der Waals surface area contributed by atoms with E-state index in [-0.39, 0.29) is 10.6 Å². The number of carbonyl (C=O) groups excluding carboxylic acids is 1. The van der Waals surface area contributed by atoms with Crippen LogP contribution in [0, 0.1) is 6.92 Å². The lowest BCUT2D eigenvalue weighted by molar-refractivity contribution is -0.106. The Morgan fingerprint density at radius 3 is 2.39 bits per heavy atom. The van der Waals surface area contributed by atoms with Crippen LogP contribution in [0.15, 0.2) is 100 Å². The number of nitrogens with zero attached hydrogens (tertiary/aromatic N) is 3. The van der Waals surface area contributed by atoms with Crippen molar-refractivity contribution in [2.24, 2.45) is 0 Å². The van der Waals surface area contributed by atoms with Crippen LogP contribution in [-0.4, -0.2) is 24.4 Å². The summed E-state index contributed by atoms with van der Waals surface area (Å²) in [6, 6.07) is 25.7. The van der Waals surface area contributed by atoms with Gasteiger partial charge in [-0.05, 0) is 76.3 Å². The molecule has 0 spiro atoms. The van der Waals surface area contributed by atoms with Crippen LogP contribution < -0.4 is 4.31 Å². The SMILES string of the molecule is CCc1cc2c(C)ccnc2n1Cc1ccc(-c2ccccc2N(C=O)S(=O)(=O)c2ccccc2Br)cc1. The predicted molar refractivity (Wildman–Crippen MR) is 155 cm³/mol. The van der Waals surface area contributed by atoms with Crippen LogP contribution >= 0.6 is 15.9 Å². The first kappa shape index (κ1) is 25.9. The van der Waals surface area contributed by atoms with Crippen molar-refractivity contribution in [3.8, 4) is 11.1 Å². The van der Waals surface area contributed by atoms with Crippen molar-refractivity contribution in [3.63, 3.8) is 0 Å². The number of halogens is 1. The smallest absolute Gasteiger partial charge is 0.271 e. The first-order valence-corrected chi connectivity index (χ1v) is 14.4. The highest BCUT2D eigenvalue weighted by molar-refractivity contribution is 9.10. The number of sulfonamides is 1. The van der Waals surface area contributed by atoms with Gasteiger partial charge in [0.15, 0.2) is 0 Å². The highest BCUT2D eigenvalue weighted by atomic mass is 79.9. The predicted octanol–water partition coefficient (Wildman–Crippen LogP) is 6.74. The van der Waals surface area contributed by atoms with Crippen LogP contribution in [0.3, 0.4) is 0 Å². The van der Waals surface area contributed by atoms with Gasteiger partial charge >= 0.3 is 0 Å². The number of pyridine rings is 1. The Labute approximate surface area is 230 Å². The molecule has 5 rings (SSSR count). The summed E-state index contributed by atoms with van der Waals surface area (Å²) in [6.07, 6.45) is 3.09. The molecule has 5 aromatic rings. The van der Waals surface area contributed by atoms with E-state index >= 15 is 0 Å². The van der Waals surface area contributed by atoms with Crippen LogP contribution in [0.25, 0.3) is 22.2 Å². The molecule has 0 atom stereocenters. The van der Waals surface area contributed by atoms with E-state index in [1.807, 2.05) is 48.7 Å². The van der Waals surface area contributed by atoms with E-state index in [0.29, 0.717) is 23.0 Å². The summed E-state index contributed by atoms with van der Waals surface area (Å²) in [4.78, 5) is 16.8. The maximum atomic E-state index is 13.4. The number of para-hydroxylation sites is 1. The Kier molecular flexibility index (Phi) is 7.19. The number of amides is 1. The molecule has 0 saturated carbocycles. The normalized spacial score (nSPS) is 11.6. The zero-order chi connectivity index (χ0) is 26.9. The maximum Gasteiger partial charge on any atom is 0.271 e. The molecule has 2 aromatic heterocycles. The van der Waals surface area contributed by atoms with E-state index < -0.39 is 10.0 Å². The highest BCUT2D eigenvalue weighted by Crippen LogP contribution is 2.35. The summed E-state index contributed by atoms with van der Waals surface area (Å²) in [7, 11) is -4.13. The van der Waals surface area contributed by atoms with Crippen LogP contribution in [0.5, 0.6) is 0 Å². The molecule has 0 aliphatic rings. The molecule has 8 heteroatoms.